The number of hydrogen-bond donors (Lipinski definition) is 0. The number of azide groups is 1. The molecule has 2 fully saturated rings. The molecule has 0 bridgehead atoms. The molecule has 1 amide bonds. The number of anilines is 1. The van der Waals surface area contributed by atoms with E-state index in [4.69, 9.17) is 10.3 Å². The Bertz CT molecular complexity index is 733. The van der Waals surface area contributed by atoms with Gasteiger partial charge in [-0.2, -0.15) is 0 Å². The van der Waals surface area contributed by atoms with Crippen molar-refractivity contribution >= 4 is 17.6 Å². The topological polar surface area (TPSA) is 98.6 Å². The first kappa shape index (κ1) is 17.0. The second kappa shape index (κ2) is 6.94. The third kappa shape index (κ3) is 3.34. The number of ketones is 1. The van der Waals surface area contributed by atoms with Gasteiger partial charge in [-0.3, -0.25) is 9.69 Å². The smallest absolute Gasteiger partial charge is 0.410 e. The van der Waals surface area contributed by atoms with Gasteiger partial charge in [-0.05, 0) is 23.2 Å². The molecule has 132 valence electrons. The summed E-state index contributed by atoms with van der Waals surface area (Å²) in [5.74, 6) is -1.62. The zero-order valence-electron chi connectivity index (χ0n) is 13.2. The number of hydrogen-bond acceptors (Lipinski definition) is 5. The predicted octanol–water partition coefficient (Wildman–Crippen LogP) is 2.90. The Morgan fingerprint density at radius 2 is 1.80 bits per heavy atom. The molecule has 0 spiro atoms. The molecule has 2 aliphatic heterocycles. The summed E-state index contributed by atoms with van der Waals surface area (Å²) in [6.45, 7) is 0.747. The van der Waals surface area contributed by atoms with E-state index in [9.17, 15) is 18.4 Å². The number of nitrogens with zero attached hydrogens (tertiary/aromatic N) is 5. The molecule has 0 unspecified atom stereocenters. The first-order valence-electron chi connectivity index (χ1n) is 7.74. The third-order valence-electron chi connectivity index (χ3n) is 4.22. The minimum atomic E-state index is -1.19. The molecule has 25 heavy (non-hydrogen) atoms. The quantitative estimate of drug-likeness (QED) is 0.473. The van der Waals surface area contributed by atoms with Crippen LogP contribution in [0.15, 0.2) is 17.2 Å². The van der Waals surface area contributed by atoms with Crippen molar-refractivity contribution in [1.29, 1.82) is 0 Å². The summed E-state index contributed by atoms with van der Waals surface area (Å²) in [5, 5.41) is 3.48. The molecule has 0 aromatic heterocycles. The molecular weight excluding hydrogens is 336 g/mol. The van der Waals surface area contributed by atoms with E-state index in [1.54, 1.807) is 0 Å². The fraction of sp³-hybridized carbons (Fsp3) is 0.467. The van der Waals surface area contributed by atoms with Crippen LogP contribution in [-0.4, -0.2) is 43.0 Å². The maximum atomic E-state index is 14.5. The molecule has 10 heteroatoms. The van der Waals surface area contributed by atoms with Crippen LogP contribution in [0.3, 0.4) is 0 Å². The monoisotopic (exact) mass is 351 g/mol. The van der Waals surface area contributed by atoms with Crippen molar-refractivity contribution in [2.24, 2.45) is 5.11 Å². The second-order valence-electron chi connectivity index (χ2n) is 5.75. The van der Waals surface area contributed by atoms with Crippen LogP contribution in [0.25, 0.3) is 10.4 Å². The normalized spacial score (nSPS) is 18.8. The lowest BCUT2D eigenvalue weighted by molar-refractivity contribution is -0.119. The highest BCUT2D eigenvalue weighted by molar-refractivity contribution is 5.81. The highest BCUT2D eigenvalue weighted by Crippen LogP contribution is 2.32. The van der Waals surface area contributed by atoms with Gasteiger partial charge >= 0.3 is 6.09 Å². The molecule has 0 aliphatic carbocycles. The second-order valence-corrected chi connectivity index (χ2v) is 5.75. The van der Waals surface area contributed by atoms with Crippen LogP contribution in [-0.2, 0) is 9.53 Å². The van der Waals surface area contributed by atoms with Gasteiger partial charge in [0.25, 0.3) is 0 Å². The first-order chi connectivity index (χ1) is 12.0. The van der Waals surface area contributed by atoms with E-state index in [2.05, 4.69) is 10.0 Å². The first-order valence-corrected chi connectivity index (χ1v) is 7.74. The number of amides is 1. The Morgan fingerprint density at radius 3 is 2.32 bits per heavy atom. The summed E-state index contributed by atoms with van der Waals surface area (Å²) in [7, 11) is 0. The van der Waals surface area contributed by atoms with Crippen LogP contribution in [0.5, 0.6) is 0 Å². The van der Waals surface area contributed by atoms with Crippen molar-refractivity contribution in [3.63, 3.8) is 0 Å². The number of rotatable bonds is 4. The molecule has 2 aliphatic rings. The lowest BCUT2D eigenvalue weighted by atomic mass is 10.1. The van der Waals surface area contributed by atoms with E-state index in [1.807, 2.05) is 0 Å². The summed E-state index contributed by atoms with van der Waals surface area (Å²) in [5.41, 5.74) is 8.51. The highest BCUT2D eigenvalue weighted by atomic mass is 19.1. The average molecular weight is 351 g/mol. The summed E-state index contributed by atoms with van der Waals surface area (Å²) >= 11 is 0. The van der Waals surface area contributed by atoms with Crippen LogP contribution in [0.4, 0.5) is 19.3 Å². The minimum absolute atomic E-state index is 0.0171. The van der Waals surface area contributed by atoms with Crippen LogP contribution in [0.2, 0.25) is 0 Å². The molecule has 8 nitrogen and oxygen atoms in total. The zero-order valence-corrected chi connectivity index (χ0v) is 13.2. The fourth-order valence-electron chi connectivity index (χ4n) is 3.00. The fourth-order valence-corrected chi connectivity index (χ4v) is 3.00. The molecule has 0 saturated carbocycles. The SMILES string of the molecule is [N-]=[N+]=N[C@H](c1cc(F)c(N2CCC(=O)CC2)c(F)c1)N1CCOC1=O. The summed E-state index contributed by atoms with van der Waals surface area (Å²) in [6, 6.07) is 2.08. The summed E-state index contributed by atoms with van der Waals surface area (Å²) < 4.78 is 33.9. The average Bonchev–Trinajstić information content (AvgIpc) is 2.99. The standard InChI is InChI=1S/C15H15F2N5O3/c16-11-7-9(14(19-20-18)22-5-6-25-15(22)24)8-12(17)13(11)21-3-1-10(23)2-4-21/h7-8,14H,1-6H2/t14-/m0/s1. The highest BCUT2D eigenvalue weighted by Gasteiger charge is 2.32. The van der Waals surface area contributed by atoms with Crippen LogP contribution in [0.1, 0.15) is 24.6 Å². The number of piperidine rings is 1. The van der Waals surface area contributed by atoms with E-state index < -0.39 is 23.9 Å². The van der Waals surface area contributed by atoms with Gasteiger partial charge in [0, 0.05) is 30.8 Å². The van der Waals surface area contributed by atoms with E-state index in [0.717, 1.165) is 17.0 Å². The Hall–Kier alpha value is -2.87. The maximum absolute atomic E-state index is 14.5. The Kier molecular flexibility index (Phi) is 4.71. The van der Waals surface area contributed by atoms with Gasteiger partial charge in [0.1, 0.15) is 35.9 Å². The van der Waals surface area contributed by atoms with Gasteiger partial charge < -0.3 is 9.64 Å². The lowest BCUT2D eigenvalue weighted by Crippen LogP contribution is -2.35. The lowest BCUT2D eigenvalue weighted by Gasteiger charge is -2.29. The maximum Gasteiger partial charge on any atom is 0.410 e. The van der Waals surface area contributed by atoms with E-state index in [0.29, 0.717) is 0 Å². The van der Waals surface area contributed by atoms with Crippen molar-refractivity contribution in [3.05, 3.63) is 39.8 Å². The van der Waals surface area contributed by atoms with Gasteiger partial charge in [-0.25, -0.2) is 13.6 Å². The number of benzene rings is 1. The summed E-state index contributed by atoms with van der Waals surface area (Å²) in [4.78, 5) is 28.2. The number of halogens is 2. The van der Waals surface area contributed by atoms with Gasteiger partial charge in [0.05, 0.1) is 6.54 Å². The minimum Gasteiger partial charge on any atom is -0.448 e. The number of carbonyl (C=O) groups excluding carboxylic acids is 2. The molecule has 1 atom stereocenters. The largest absolute Gasteiger partial charge is 0.448 e. The molecule has 2 saturated heterocycles. The van der Waals surface area contributed by atoms with E-state index >= 15 is 0 Å². The van der Waals surface area contributed by atoms with Crippen molar-refractivity contribution in [2.45, 2.75) is 19.0 Å². The van der Waals surface area contributed by atoms with Gasteiger partial charge in [0.2, 0.25) is 0 Å². The van der Waals surface area contributed by atoms with Gasteiger partial charge in [-0.15, -0.1) is 0 Å². The zero-order chi connectivity index (χ0) is 18.0. The summed E-state index contributed by atoms with van der Waals surface area (Å²) in [6.07, 6.45) is -1.43. The van der Waals surface area contributed by atoms with Crippen LogP contribution < -0.4 is 4.90 Å². The Balaban J connectivity index is 1.93. The van der Waals surface area contributed by atoms with Crippen molar-refractivity contribution in [2.75, 3.05) is 31.1 Å². The molecule has 3 rings (SSSR count). The predicted molar refractivity (Wildman–Crippen MR) is 82.8 cm³/mol. The number of ether oxygens (including phenoxy) is 1. The Morgan fingerprint density at radius 1 is 1.16 bits per heavy atom. The van der Waals surface area contributed by atoms with Crippen molar-refractivity contribution in [1.82, 2.24) is 4.90 Å². The molecular formula is C15H15F2N5O3. The molecule has 0 N–H and O–H groups in total. The van der Waals surface area contributed by atoms with Crippen molar-refractivity contribution < 1.29 is 23.1 Å². The van der Waals surface area contributed by atoms with E-state index in [-0.39, 0.29) is 56.1 Å². The molecule has 1 aromatic rings. The molecule has 0 radical (unpaired) electrons. The number of Topliss-reactive ketones (excluding diaryl/α,β-unsaturated/α-hetero) is 1. The number of cyclic esters (lactones) is 1. The van der Waals surface area contributed by atoms with E-state index in [1.165, 1.54) is 4.90 Å². The third-order valence-corrected chi connectivity index (χ3v) is 4.22. The van der Waals surface area contributed by atoms with Crippen LogP contribution in [0, 0.1) is 11.6 Å². The van der Waals surface area contributed by atoms with Crippen molar-refractivity contribution in [3.8, 4) is 0 Å². The van der Waals surface area contributed by atoms with Gasteiger partial charge in [-0.1, -0.05) is 5.11 Å². The van der Waals surface area contributed by atoms with Gasteiger partial charge in [0.15, 0.2) is 0 Å². The molecule has 2 heterocycles. The molecule has 1 aromatic carbocycles. The Labute approximate surface area is 141 Å². The number of carbonyl (C=O) groups is 2. The van der Waals surface area contributed by atoms with Crippen LogP contribution >= 0.6 is 0 Å².